The van der Waals surface area contributed by atoms with Crippen LogP contribution in [0.1, 0.15) is 43.4 Å². The van der Waals surface area contributed by atoms with Gasteiger partial charge in [0.2, 0.25) is 5.91 Å². The van der Waals surface area contributed by atoms with Gasteiger partial charge < -0.3 is 14.4 Å². The number of likely N-dealkylation sites (tertiary alicyclic amines) is 1. The van der Waals surface area contributed by atoms with Crippen molar-refractivity contribution in [3.8, 4) is 0 Å². The van der Waals surface area contributed by atoms with Crippen LogP contribution < -0.4 is 0 Å². The summed E-state index contributed by atoms with van der Waals surface area (Å²) < 4.78 is 10.6. The van der Waals surface area contributed by atoms with Crippen LogP contribution >= 0.6 is 0 Å². The molecule has 1 aliphatic rings. The molecule has 0 bridgehead atoms. The molecule has 1 fully saturated rings. The number of amides is 1. The molecule has 0 aromatic heterocycles. The fourth-order valence-electron chi connectivity index (χ4n) is 3.99. The number of likely N-dealkylation sites (N-methyl/N-ethyl adjacent to an activating group) is 1. The first-order valence-corrected chi connectivity index (χ1v) is 10.0. The molecule has 1 aliphatic heterocycles. The molecule has 1 aromatic rings. The summed E-state index contributed by atoms with van der Waals surface area (Å²) in [5.74, 6) is -0.0780. The number of piperidine rings is 1. The van der Waals surface area contributed by atoms with E-state index in [1.807, 2.05) is 62.0 Å². The number of benzene rings is 1. The van der Waals surface area contributed by atoms with Gasteiger partial charge >= 0.3 is 5.97 Å². The summed E-state index contributed by atoms with van der Waals surface area (Å²) in [6.45, 7) is 5.84. The lowest BCUT2D eigenvalue weighted by atomic mass is 9.75. The van der Waals surface area contributed by atoms with Gasteiger partial charge in [0, 0.05) is 26.8 Å². The molecule has 28 heavy (non-hydrogen) atoms. The Balaban J connectivity index is 2.16. The number of hydrogen-bond donors (Lipinski definition) is 0. The summed E-state index contributed by atoms with van der Waals surface area (Å²) in [6.07, 6.45) is 1.84. The fraction of sp³-hybridized carbons (Fsp3) is 0.636. The molecule has 1 saturated heterocycles. The largest absolute Gasteiger partial charge is 0.466 e. The Morgan fingerprint density at radius 1 is 1.21 bits per heavy atom. The molecule has 0 N–H and O–H groups in total. The van der Waals surface area contributed by atoms with E-state index >= 15 is 0 Å². The van der Waals surface area contributed by atoms with Gasteiger partial charge in [-0.2, -0.15) is 0 Å². The molecule has 0 aliphatic carbocycles. The molecule has 6 nitrogen and oxygen atoms in total. The van der Waals surface area contributed by atoms with Gasteiger partial charge in [0.05, 0.1) is 12.0 Å². The highest BCUT2D eigenvalue weighted by molar-refractivity contribution is 5.84. The highest BCUT2D eigenvalue weighted by Crippen LogP contribution is 2.38. The Bertz CT molecular complexity index is 666. The highest BCUT2D eigenvalue weighted by atomic mass is 16.5. The van der Waals surface area contributed by atoms with Crippen molar-refractivity contribution in [2.24, 2.45) is 5.41 Å². The maximum atomic E-state index is 13.4. The lowest BCUT2D eigenvalue weighted by Gasteiger charge is -2.41. The normalized spacial score (nSPS) is 17.4. The van der Waals surface area contributed by atoms with Crippen LogP contribution in [-0.4, -0.2) is 69.2 Å². The van der Waals surface area contributed by atoms with E-state index < -0.39 is 5.41 Å². The zero-order valence-electron chi connectivity index (χ0n) is 17.9. The Kier molecular flexibility index (Phi) is 8.01. The van der Waals surface area contributed by atoms with Gasteiger partial charge in [-0.25, -0.2) is 0 Å². The molecule has 1 aromatic carbocycles. The predicted molar refractivity (Wildman–Crippen MR) is 109 cm³/mol. The number of carbonyl (C=O) groups excluding carboxylic acids is 2. The second-order valence-electron chi connectivity index (χ2n) is 7.79. The highest BCUT2D eigenvalue weighted by Gasteiger charge is 2.44. The van der Waals surface area contributed by atoms with Crippen LogP contribution in [-0.2, 0) is 19.1 Å². The van der Waals surface area contributed by atoms with E-state index in [9.17, 15) is 9.59 Å². The molecule has 1 heterocycles. The number of methoxy groups -OCH3 is 1. The standard InChI is InChI=1S/C22H34N2O4/c1-6-28-21(26)22(13-16-27-5)11-14-24(15-12-22)20(25)19(23(3)4)18-10-8-7-9-17(18)2/h7-10,19H,6,11-16H2,1-5H3. The van der Waals surface area contributed by atoms with Crippen LogP contribution in [0.3, 0.4) is 0 Å². The second-order valence-corrected chi connectivity index (χ2v) is 7.79. The van der Waals surface area contributed by atoms with Gasteiger partial charge in [0.15, 0.2) is 0 Å². The zero-order valence-corrected chi connectivity index (χ0v) is 17.9. The number of carbonyl (C=O) groups is 2. The first kappa shape index (κ1) is 22.4. The Hall–Kier alpha value is -1.92. The summed E-state index contributed by atoms with van der Waals surface area (Å²) in [6, 6.07) is 7.68. The minimum atomic E-state index is -0.556. The van der Waals surface area contributed by atoms with Gasteiger partial charge in [0.25, 0.3) is 0 Å². The minimum absolute atomic E-state index is 0.0866. The van der Waals surface area contributed by atoms with Gasteiger partial charge in [-0.1, -0.05) is 24.3 Å². The maximum Gasteiger partial charge on any atom is 0.312 e. The van der Waals surface area contributed by atoms with Crippen LogP contribution in [0.2, 0.25) is 0 Å². The van der Waals surface area contributed by atoms with Crippen molar-refractivity contribution < 1.29 is 19.1 Å². The fourth-order valence-corrected chi connectivity index (χ4v) is 3.99. The molecule has 6 heteroatoms. The average molecular weight is 391 g/mol. The third kappa shape index (κ3) is 4.92. The Labute approximate surface area is 168 Å². The van der Waals surface area contributed by atoms with Gasteiger partial charge in [-0.3, -0.25) is 14.5 Å². The number of ether oxygens (including phenoxy) is 2. The first-order chi connectivity index (χ1) is 13.4. The van der Waals surface area contributed by atoms with Crippen molar-refractivity contribution in [1.29, 1.82) is 0 Å². The molecule has 0 saturated carbocycles. The lowest BCUT2D eigenvalue weighted by molar-refractivity contribution is -0.162. The number of rotatable bonds is 8. The van der Waals surface area contributed by atoms with Crippen LogP contribution in [0.15, 0.2) is 24.3 Å². The Morgan fingerprint density at radius 2 is 1.86 bits per heavy atom. The van der Waals surface area contributed by atoms with Gasteiger partial charge in [0.1, 0.15) is 6.04 Å². The summed E-state index contributed by atoms with van der Waals surface area (Å²) >= 11 is 0. The Morgan fingerprint density at radius 3 is 2.39 bits per heavy atom. The molecule has 1 unspecified atom stereocenters. The molecule has 2 rings (SSSR count). The quantitative estimate of drug-likeness (QED) is 0.639. The average Bonchev–Trinajstić information content (AvgIpc) is 2.68. The third-order valence-corrected chi connectivity index (χ3v) is 5.76. The summed E-state index contributed by atoms with van der Waals surface area (Å²) in [4.78, 5) is 29.8. The molecule has 0 spiro atoms. The second kappa shape index (κ2) is 10.0. The topological polar surface area (TPSA) is 59.1 Å². The number of hydrogen-bond acceptors (Lipinski definition) is 5. The molecule has 1 amide bonds. The maximum absolute atomic E-state index is 13.4. The van der Waals surface area contributed by atoms with E-state index in [-0.39, 0.29) is 17.9 Å². The van der Waals surface area contributed by atoms with Crippen molar-refractivity contribution in [3.63, 3.8) is 0 Å². The number of aryl methyl sites for hydroxylation is 1. The molecule has 156 valence electrons. The van der Waals surface area contributed by atoms with Crippen LogP contribution in [0.5, 0.6) is 0 Å². The molecule has 0 radical (unpaired) electrons. The van der Waals surface area contributed by atoms with Crippen molar-refractivity contribution >= 4 is 11.9 Å². The van der Waals surface area contributed by atoms with Gasteiger partial charge in [-0.05, 0) is 58.3 Å². The van der Waals surface area contributed by atoms with Gasteiger partial charge in [-0.15, -0.1) is 0 Å². The molecular weight excluding hydrogens is 356 g/mol. The van der Waals surface area contributed by atoms with E-state index in [4.69, 9.17) is 9.47 Å². The SMILES string of the molecule is CCOC(=O)C1(CCOC)CCN(C(=O)C(c2ccccc2C)N(C)C)CC1. The number of esters is 1. The van der Waals surface area contributed by atoms with E-state index in [1.165, 1.54) is 0 Å². The molecule has 1 atom stereocenters. The minimum Gasteiger partial charge on any atom is -0.466 e. The van der Waals surface area contributed by atoms with E-state index in [0.29, 0.717) is 45.6 Å². The van der Waals surface area contributed by atoms with Crippen LogP contribution in [0.25, 0.3) is 0 Å². The monoisotopic (exact) mass is 390 g/mol. The number of nitrogens with zero attached hydrogens (tertiary/aromatic N) is 2. The van der Waals surface area contributed by atoms with E-state index in [2.05, 4.69) is 0 Å². The zero-order chi connectivity index (χ0) is 20.7. The van der Waals surface area contributed by atoms with E-state index in [1.54, 1.807) is 7.11 Å². The summed E-state index contributed by atoms with van der Waals surface area (Å²) in [7, 11) is 5.50. The summed E-state index contributed by atoms with van der Waals surface area (Å²) in [5.41, 5.74) is 1.57. The smallest absolute Gasteiger partial charge is 0.312 e. The summed E-state index contributed by atoms with van der Waals surface area (Å²) in [5, 5.41) is 0. The lowest BCUT2D eigenvalue weighted by Crippen LogP contribution is -2.50. The first-order valence-electron chi connectivity index (χ1n) is 10.0. The van der Waals surface area contributed by atoms with Crippen LogP contribution in [0, 0.1) is 12.3 Å². The van der Waals surface area contributed by atoms with Crippen molar-refractivity contribution in [2.45, 2.75) is 39.2 Å². The third-order valence-electron chi connectivity index (χ3n) is 5.76. The van der Waals surface area contributed by atoms with Crippen molar-refractivity contribution in [3.05, 3.63) is 35.4 Å². The van der Waals surface area contributed by atoms with Crippen LogP contribution in [0.4, 0.5) is 0 Å². The molecular formula is C22H34N2O4. The van der Waals surface area contributed by atoms with E-state index in [0.717, 1.165) is 11.1 Å². The predicted octanol–water partition coefficient (Wildman–Crippen LogP) is 2.81. The van der Waals surface area contributed by atoms with Crippen molar-refractivity contribution in [1.82, 2.24) is 9.80 Å². The van der Waals surface area contributed by atoms with Crippen molar-refractivity contribution in [2.75, 3.05) is 47.5 Å².